The zero-order valence-corrected chi connectivity index (χ0v) is 15.2. The molecular weight excluding hydrogens is 350 g/mol. The Morgan fingerprint density at radius 3 is 2.73 bits per heavy atom. The lowest BCUT2D eigenvalue weighted by Crippen LogP contribution is -2.66. The highest BCUT2D eigenvalue weighted by Gasteiger charge is 2.40. The summed E-state index contributed by atoms with van der Waals surface area (Å²) in [5.41, 5.74) is 2.16. The Balaban J connectivity index is 1.55. The maximum Gasteiger partial charge on any atom is 0.264 e. The van der Waals surface area contributed by atoms with Gasteiger partial charge in [-0.05, 0) is 24.1 Å². The number of hydrogen-bond acceptors (Lipinski definition) is 4. The molecule has 3 amide bonds. The molecule has 0 unspecified atom stereocenters. The van der Waals surface area contributed by atoms with Crippen LogP contribution in [0.4, 0.5) is 0 Å². The first kappa shape index (κ1) is 16.8. The largest absolute Gasteiger partial charge is 0.345 e. The fourth-order valence-corrected chi connectivity index (χ4v) is 4.64. The number of benzene rings is 1. The van der Waals surface area contributed by atoms with Gasteiger partial charge in [-0.15, -0.1) is 11.3 Å². The lowest BCUT2D eigenvalue weighted by molar-refractivity contribution is -0.148. The number of hydrogen-bond donors (Lipinski definition) is 1. The van der Waals surface area contributed by atoms with Crippen LogP contribution in [-0.4, -0.2) is 59.7 Å². The van der Waals surface area contributed by atoms with Crippen LogP contribution in [0, 0.1) is 6.92 Å². The molecule has 134 valence electrons. The monoisotopic (exact) mass is 369 g/mol. The van der Waals surface area contributed by atoms with Crippen molar-refractivity contribution < 1.29 is 14.4 Å². The molecule has 2 aliphatic heterocycles. The van der Waals surface area contributed by atoms with Gasteiger partial charge < -0.3 is 15.1 Å². The molecule has 3 heterocycles. The van der Waals surface area contributed by atoms with Crippen molar-refractivity contribution in [2.45, 2.75) is 13.0 Å². The molecule has 1 aromatic heterocycles. The summed E-state index contributed by atoms with van der Waals surface area (Å²) in [7, 11) is 0. The van der Waals surface area contributed by atoms with Gasteiger partial charge >= 0.3 is 0 Å². The van der Waals surface area contributed by atoms with Crippen molar-refractivity contribution in [2.24, 2.45) is 0 Å². The zero-order valence-electron chi connectivity index (χ0n) is 14.4. The van der Waals surface area contributed by atoms with Crippen molar-refractivity contribution >= 4 is 29.1 Å². The van der Waals surface area contributed by atoms with Crippen LogP contribution in [0.3, 0.4) is 0 Å². The second kappa shape index (κ2) is 6.57. The number of carbonyl (C=O) groups excluding carboxylic acids is 3. The van der Waals surface area contributed by atoms with Crippen LogP contribution in [0.25, 0.3) is 10.4 Å². The Labute approximate surface area is 155 Å². The average Bonchev–Trinajstić information content (AvgIpc) is 3.06. The third-order valence-electron chi connectivity index (χ3n) is 4.87. The summed E-state index contributed by atoms with van der Waals surface area (Å²) in [4.78, 5) is 42.0. The molecule has 1 aromatic carbocycles. The van der Waals surface area contributed by atoms with E-state index in [1.165, 1.54) is 11.3 Å². The standard InChI is InChI=1S/C19H19N3O3S/c1-12-9-15(26-17(12)13-5-3-2-4-6-13)19(25)21-7-8-22-14(11-21)18(24)20-10-16(22)23/h2-6,9,14H,7-8,10-11H2,1H3,(H,20,24)/t14-/m1/s1. The van der Waals surface area contributed by atoms with Crippen LogP contribution in [-0.2, 0) is 9.59 Å². The Hall–Kier alpha value is -2.67. The molecule has 0 aliphatic carbocycles. The molecule has 1 N–H and O–H groups in total. The maximum atomic E-state index is 13.0. The molecule has 0 radical (unpaired) electrons. The fourth-order valence-electron chi connectivity index (χ4n) is 3.49. The first-order valence-corrected chi connectivity index (χ1v) is 9.38. The van der Waals surface area contributed by atoms with E-state index >= 15 is 0 Å². The number of fused-ring (bicyclic) bond motifs is 1. The van der Waals surface area contributed by atoms with Gasteiger partial charge in [0.2, 0.25) is 11.8 Å². The van der Waals surface area contributed by atoms with E-state index in [1.54, 1.807) is 9.80 Å². The highest BCUT2D eigenvalue weighted by molar-refractivity contribution is 7.17. The molecule has 2 aliphatic rings. The molecular formula is C19H19N3O3S. The molecule has 0 saturated carbocycles. The molecule has 0 bridgehead atoms. The summed E-state index contributed by atoms with van der Waals surface area (Å²) < 4.78 is 0. The van der Waals surface area contributed by atoms with Crippen molar-refractivity contribution in [3.8, 4) is 10.4 Å². The minimum absolute atomic E-state index is 0.0494. The van der Waals surface area contributed by atoms with Crippen molar-refractivity contribution in [1.82, 2.24) is 15.1 Å². The van der Waals surface area contributed by atoms with E-state index in [0.29, 0.717) is 18.0 Å². The Kier molecular flexibility index (Phi) is 4.24. The van der Waals surface area contributed by atoms with E-state index in [0.717, 1.165) is 16.0 Å². The second-order valence-electron chi connectivity index (χ2n) is 6.56. The van der Waals surface area contributed by atoms with Crippen molar-refractivity contribution in [1.29, 1.82) is 0 Å². The summed E-state index contributed by atoms with van der Waals surface area (Å²) >= 11 is 1.47. The Morgan fingerprint density at radius 1 is 1.19 bits per heavy atom. The normalized spacial score (nSPS) is 20.0. The number of amides is 3. The highest BCUT2D eigenvalue weighted by atomic mass is 32.1. The number of thiophene rings is 1. The maximum absolute atomic E-state index is 13.0. The van der Waals surface area contributed by atoms with Gasteiger partial charge in [0.15, 0.2) is 0 Å². The number of rotatable bonds is 2. The molecule has 2 aromatic rings. The van der Waals surface area contributed by atoms with Crippen LogP contribution >= 0.6 is 11.3 Å². The molecule has 2 fully saturated rings. The van der Waals surface area contributed by atoms with E-state index in [-0.39, 0.29) is 30.8 Å². The smallest absolute Gasteiger partial charge is 0.264 e. The van der Waals surface area contributed by atoms with Gasteiger partial charge in [0.1, 0.15) is 6.04 Å². The summed E-state index contributed by atoms with van der Waals surface area (Å²) in [6, 6.07) is 11.3. The first-order chi connectivity index (χ1) is 12.5. The Morgan fingerprint density at radius 2 is 1.96 bits per heavy atom. The van der Waals surface area contributed by atoms with Crippen LogP contribution in [0.15, 0.2) is 36.4 Å². The number of nitrogens with one attached hydrogen (secondary N) is 1. The minimum atomic E-state index is -0.580. The van der Waals surface area contributed by atoms with E-state index in [9.17, 15) is 14.4 Å². The van der Waals surface area contributed by atoms with Crippen LogP contribution in [0.5, 0.6) is 0 Å². The van der Waals surface area contributed by atoms with Crippen LogP contribution < -0.4 is 5.32 Å². The first-order valence-electron chi connectivity index (χ1n) is 8.57. The van der Waals surface area contributed by atoms with Gasteiger partial charge in [0, 0.05) is 18.0 Å². The minimum Gasteiger partial charge on any atom is -0.345 e. The van der Waals surface area contributed by atoms with Crippen molar-refractivity contribution in [3.63, 3.8) is 0 Å². The lowest BCUT2D eigenvalue weighted by Gasteiger charge is -2.42. The quantitative estimate of drug-likeness (QED) is 0.872. The highest BCUT2D eigenvalue weighted by Crippen LogP contribution is 2.33. The zero-order chi connectivity index (χ0) is 18.3. The van der Waals surface area contributed by atoms with Crippen molar-refractivity contribution in [2.75, 3.05) is 26.2 Å². The lowest BCUT2D eigenvalue weighted by atomic mass is 10.1. The molecule has 26 heavy (non-hydrogen) atoms. The summed E-state index contributed by atoms with van der Waals surface area (Å²) in [5, 5.41) is 2.60. The van der Waals surface area contributed by atoms with Gasteiger partial charge in [-0.25, -0.2) is 0 Å². The number of nitrogens with zero attached hydrogens (tertiary/aromatic N) is 2. The van der Waals surface area contributed by atoms with Crippen molar-refractivity contribution in [3.05, 3.63) is 46.8 Å². The van der Waals surface area contributed by atoms with E-state index in [1.807, 2.05) is 43.3 Å². The predicted molar refractivity (Wildman–Crippen MR) is 98.9 cm³/mol. The fraction of sp³-hybridized carbons (Fsp3) is 0.316. The summed E-state index contributed by atoms with van der Waals surface area (Å²) in [6.45, 7) is 3.15. The molecule has 7 heteroatoms. The summed E-state index contributed by atoms with van der Waals surface area (Å²) in [6.07, 6.45) is 0. The van der Waals surface area contributed by atoms with E-state index < -0.39 is 6.04 Å². The molecule has 1 atom stereocenters. The third kappa shape index (κ3) is 2.88. The van der Waals surface area contributed by atoms with Crippen LogP contribution in [0.2, 0.25) is 0 Å². The van der Waals surface area contributed by atoms with E-state index in [2.05, 4.69) is 5.32 Å². The van der Waals surface area contributed by atoms with E-state index in [4.69, 9.17) is 0 Å². The number of aryl methyl sites for hydroxylation is 1. The second-order valence-corrected chi connectivity index (χ2v) is 7.61. The van der Waals surface area contributed by atoms with Gasteiger partial charge in [-0.1, -0.05) is 30.3 Å². The van der Waals surface area contributed by atoms with Gasteiger partial charge in [-0.3, -0.25) is 14.4 Å². The molecule has 2 saturated heterocycles. The third-order valence-corrected chi connectivity index (χ3v) is 6.14. The number of carbonyl (C=O) groups is 3. The SMILES string of the molecule is Cc1cc(C(=O)N2CCN3C(=O)CNC(=O)[C@H]3C2)sc1-c1ccccc1. The molecule has 4 rings (SSSR count). The molecule has 0 spiro atoms. The van der Waals surface area contributed by atoms with Crippen LogP contribution in [0.1, 0.15) is 15.2 Å². The summed E-state index contributed by atoms with van der Waals surface area (Å²) in [5.74, 6) is -0.347. The predicted octanol–water partition coefficient (Wildman–Crippen LogP) is 1.51. The van der Waals surface area contributed by atoms with Gasteiger partial charge in [0.25, 0.3) is 5.91 Å². The number of piperazine rings is 2. The van der Waals surface area contributed by atoms with Gasteiger partial charge in [0.05, 0.1) is 18.0 Å². The topological polar surface area (TPSA) is 69.7 Å². The Bertz CT molecular complexity index is 877. The average molecular weight is 369 g/mol. The van der Waals surface area contributed by atoms with Gasteiger partial charge in [-0.2, -0.15) is 0 Å². The molecule has 6 nitrogen and oxygen atoms in total.